The molecule has 0 saturated heterocycles. The van der Waals surface area contributed by atoms with Crippen LogP contribution in [0.2, 0.25) is 0 Å². The van der Waals surface area contributed by atoms with Gasteiger partial charge < -0.3 is 15.7 Å². The monoisotopic (exact) mass is 332 g/mol. The van der Waals surface area contributed by atoms with E-state index in [1.807, 2.05) is 20.8 Å². The maximum Gasteiger partial charge on any atom is 0.251 e. The van der Waals surface area contributed by atoms with Crippen molar-refractivity contribution in [3.8, 4) is 0 Å². The largest absolute Gasteiger partial charge is 0.393 e. The van der Waals surface area contributed by atoms with Gasteiger partial charge in [0.15, 0.2) is 0 Å². The second kappa shape index (κ2) is 8.29. The fourth-order valence-corrected chi connectivity index (χ4v) is 3.01. The van der Waals surface area contributed by atoms with Crippen LogP contribution < -0.4 is 10.6 Å². The first-order valence-electron chi connectivity index (χ1n) is 8.74. The number of aliphatic hydroxyl groups is 1. The van der Waals surface area contributed by atoms with E-state index in [9.17, 15) is 14.7 Å². The predicted molar refractivity (Wildman–Crippen MR) is 95.0 cm³/mol. The molecule has 5 nitrogen and oxygen atoms in total. The molecule has 2 rings (SSSR count). The van der Waals surface area contributed by atoms with Crippen molar-refractivity contribution in [2.24, 2.45) is 5.92 Å². The number of anilines is 1. The van der Waals surface area contributed by atoms with Crippen molar-refractivity contribution in [1.82, 2.24) is 5.32 Å². The van der Waals surface area contributed by atoms with Gasteiger partial charge in [0.05, 0.1) is 6.10 Å². The number of carbonyl (C=O) groups excluding carboxylic acids is 2. The molecule has 5 heteroatoms. The Morgan fingerprint density at radius 2 is 1.88 bits per heavy atom. The minimum atomic E-state index is -0.228. The number of aliphatic hydroxyl groups excluding tert-OH is 1. The molecule has 3 N–H and O–H groups in total. The lowest BCUT2D eigenvalue weighted by Gasteiger charge is -2.26. The topological polar surface area (TPSA) is 78.4 Å². The number of hydrogen-bond donors (Lipinski definition) is 3. The third-order valence-electron chi connectivity index (χ3n) is 4.39. The van der Waals surface area contributed by atoms with Crippen LogP contribution in [0.3, 0.4) is 0 Å². The molecule has 0 unspecified atom stereocenters. The molecule has 1 saturated carbocycles. The summed E-state index contributed by atoms with van der Waals surface area (Å²) in [6.45, 7) is 5.90. The molecule has 1 aromatic carbocycles. The van der Waals surface area contributed by atoms with Gasteiger partial charge in [-0.1, -0.05) is 13.8 Å². The molecule has 24 heavy (non-hydrogen) atoms. The van der Waals surface area contributed by atoms with Crippen LogP contribution in [0.15, 0.2) is 18.2 Å². The van der Waals surface area contributed by atoms with Gasteiger partial charge in [-0.3, -0.25) is 9.59 Å². The highest BCUT2D eigenvalue weighted by molar-refractivity contribution is 5.96. The van der Waals surface area contributed by atoms with Crippen LogP contribution in [-0.4, -0.2) is 29.1 Å². The van der Waals surface area contributed by atoms with Crippen molar-refractivity contribution in [2.45, 2.75) is 65.0 Å². The summed E-state index contributed by atoms with van der Waals surface area (Å²) in [6, 6.07) is 5.46. The van der Waals surface area contributed by atoms with Crippen LogP contribution in [0, 0.1) is 12.8 Å². The first-order valence-corrected chi connectivity index (χ1v) is 8.74. The molecular weight excluding hydrogens is 304 g/mol. The first-order chi connectivity index (χ1) is 11.3. The Labute approximate surface area is 143 Å². The number of aryl methyl sites for hydroxylation is 1. The van der Waals surface area contributed by atoms with Crippen LogP contribution >= 0.6 is 0 Å². The maximum absolute atomic E-state index is 12.4. The minimum Gasteiger partial charge on any atom is -0.393 e. The van der Waals surface area contributed by atoms with Gasteiger partial charge in [0.2, 0.25) is 5.91 Å². The summed E-state index contributed by atoms with van der Waals surface area (Å²) in [5.41, 5.74) is 2.22. The average Bonchev–Trinajstić information content (AvgIpc) is 2.50. The van der Waals surface area contributed by atoms with E-state index >= 15 is 0 Å². The average molecular weight is 332 g/mol. The predicted octanol–water partition coefficient (Wildman–Crippen LogP) is 3.01. The maximum atomic E-state index is 12.4. The number of nitrogens with one attached hydrogen (secondary N) is 2. The SMILES string of the molecule is Cc1cc(C(=O)NC2CCC(O)CC2)ccc1NC(=O)CC(C)C. The van der Waals surface area contributed by atoms with E-state index in [1.165, 1.54) is 0 Å². The molecule has 1 fully saturated rings. The van der Waals surface area contributed by atoms with E-state index in [0.717, 1.165) is 36.9 Å². The Bertz CT molecular complexity index is 590. The smallest absolute Gasteiger partial charge is 0.251 e. The fourth-order valence-electron chi connectivity index (χ4n) is 3.01. The van der Waals surface area contributed by atoms with Crippen molar-refractivity contribution < 1.29 is 14.7 Å². The summed E-state index contributed by atoms with van der Waals surface area (Å²) in [7, 11) is 0. The normalized spacial score (nSPS) is 20.7. The summed E-state index contributed by atoms with van der Waals surface area (Å²) in [4.78, 5) is 24.2. The number of amides is 2. The number of rotatable bonds is 5. The highest BCUT2D eigenvalue weighted by Crippen LogP contribution is 2.20. The summed E-state index contributed by atoms with van der Waals surface area (Å²) in [6.07, 6.45) is 3.36. The Balaban J connectivity index is 1.95. The zero-order valence-corrected chi connectivity index (χ0v) is 14.8. The molecule has 0 aliphatic heterocycles. The molecule has 0 bridgehead atoms. The van der Waals surface area contributed by atoms with Gasteiger partial charge >= 0.3 is 0 Å². The van der Waals surface area contributed by atoms with E-state index < -0.39 is 0 Å². The number of hydrogen-bond acceptors (Lipinski definition) is 3. The standard InChI is InChI=1S/C19H28N2O3/c1-12(2)10-18(23)21-17-9-4-14(11-13(17)3)19(24)20-15-5-7-16(22)8-6-15/h4,9,11-12,15-16,22H,5-8,10H2,1-3H3,(H,20,24)(H,21,23). The van der Waals surface area contributed by atoms with Gasteiger partial charge in [0, 0.05) is 23.7 Å². The third-order valence-corrected chi connectivity index (χ3v) is 4.39. The van der Waals surface area contributed by atoms with E-state index in [0.29, 0.717) is 17.9 Å². The quantitative estimate of drug-likeness (QED) is 0.775. The van der Waals surface area contributed by atoms with Gasteiger partial charge in [-0.05, 0) is 62.3 Å². The summed E-state index contributed by atoms with van der Waals surface area (Å²) in [5.74, 6) is 0.204. The van der Waals surface area contributed by atoms with Crippen LogP contribution in [0.4, 0.5) is 5.69 Å². The summed E-state index contributed by atoms with van der Waals surface area (Å²) < 4.78 is 0. The molecule has 0 aromatic heterocycles. The molecule has 132 valence electrons. The van der Waals surface area contributed by atoms with Crippen molar-refractivity contribution in [2.75, 3.05) is 5.32 Å². The Morgan fingerprint density at radius 1 is 1.21 bits per heavy atom. The second-order valence-corrected chi connectivity index (χ2v) is 7.15. The zero-order chi connectivity index (χ0) is 17.7. The van der Waals surface area contributed by atoms with Crippen LogP contribution in [0.25, 0.3) is 0 Å². The molecule has 1 aliphatic rings. The lowest BCUT2D eigenvalue weighted by atomic mass is 9.93. The van der Waals surface area contributed by atoms with Gasteiger partial charge in [-0.25, -0.2) is 0 Å². The van der Waals surface area contributed by atoms with E-state index in [-0.39, 0.29) is 24.0 Å². The Hall–Kier alpha value is -1.88. The van der Waals surface area contributed by atoms with E-state index in [1.54, 1.807) is 18.2 Å². The van der Waals surface area contributed by atoms with Gasteiger partial charge in [0.1, 0.15) is 0 Å². The number of carbonyl (C=O) groups is 2. The van der Waals surface area contributed by atoms with Crippen LogP contribution in [0.1, 0.15) is 61.9 Å². The van der Waals surface area contributed by atoms with Gasteiger partial charge in [-0.2, -0.15) is 0 Å². The summed E-state index contributed by atoms with van der Waals surface area (Å²) >= 11 is 0. The highest BCUT2D eigenvalue weighted by atomic mass is 16.3. The molecule has 1 aliphatic carbocycles. The molecule has 1 aromatic rings. The second-order valence-electron chi connectivity index (χ2n) is 7.15. The molecule has 0 spiro atoms. The molecular formula is C19H28N2O3. The highest BCUT2D eigenvalue weighted by Gasteiger charge is 2.21. The Morgan fingerprint density at radius 3 is 2.46 bits per heavy atom. The first kappa shape index (κ1) is 18.5. The van der Waals surface area contributed by atoms with Crippen molar-refractivity contribution in [1.29, 1.82) is 0 Å². The van der Waals surface area contributed by atoms with Gasteiger partial charge in [0.25, 0.3) is 5.91 Å². The third kappa shape index (κ3) is 5.34. The van der Waals surface area contributed by atoms with Crippen molar-refractivity contribution in [3.05, 3.63) is 29.3 Å². The molecule has 0 radical (unpaired) electrons. The Kier molecular flexibility index (Phi) is 6.37. The van der Waals surface area contributed by atoms with E-state index in [2.05, 4.69) is 10.6 Å². The van der Waals surface area contributed by atoms with Crippen molar-refractivity contribution in [3.63, 3.8) is 0 Å². The van der Waals surface area contributed by atoms with Crippen LogP contribution in [-0.2, 0) is 4.79 Å². The molecule has 2 amide bonds. The van der Waals surface area contributed by atoms with Crippen molar-refractivity contribution >= 4 is 17.5 Å². The van der Waals surface area contributed by atoms with Gasteiger partial charge in [-0.15, -0.1) is 0 Å². The number of benzene rings is 1. The molecule has 0 atom stereocenters. The zero-order valence-electron chi connectivity index (χ0n) is 14.8. The lowest BCUT2D eigenvalue weighted by Crippen LogP contribution is -2.38. The molecule has 0 heterocycles. The fraction of sp³-hybridized carbons (Fsp3) is 0.579. The van der Waals surface area contributed by atoms with E-state index in [4.69, 9.17) is 0 Å². The summed E-state index contributed by atoms with van der Waals surface area (Å²) in [5, 5.41) is 15.5. The minimum absolute atomic E-state index is 0.00827. The lowest BCUT2D eigenvalue weighted by molar-refractivity contribution is -0.116. The van der Waals surface area contributed by atoms with Crippen LogP contribution in [0.5, 0.6) is 0 Å².